The molecule has 27 heavy (non-hydrogen) atoms. The summed E-state index contributed by atoms with van der Waals surface area (Å²) in [5.41, 5.74) is 1.09. The molecule has 0 atom stereocenters. The van der Waals surface area contributed by atoms with E-state index >= 15 is 0 Å². The number of thioether (sulfide) groups is 1. The first-order valence-electron chi connectivity index (χ1n) is 10.3. The van der Waals surface area contributed by atoms with Crippen molar-refractivity contribution in [3.63, 3.8) is 0 Å². The van der Waals surface area contributed by atoms with Crippen LogP contribution in [0.2, 0.25) is 0 Å². The Morgan fingerprint density at radius 2 is 1.70 bits per heavy atom. The molecule has 4 aliphatic carbocycles. The third-order valence-electron chi connectivity index (χ3n) is 6.94. The monoisotopic (exact) mass is 387 g/mol. The van der Waals surface area contributed by atoms with E-state index in [9.17, 15) is 4.79 Å². The van der Waals surface area contributed by atoms with Crippen LogP contribution in [0.1, 0.15) is 44.1 Å². The van der Waals surface area contributed by atoms with Crippen LogP contribution in [0.4, 0.5) is 0 Å². The highest BCUT2D eigenvalue weighted by Gasteiger charge is 2.51. The first kappa shape index (κ1) is 17.7. The van der Waals surface area contributed by atoms with E-state index in [4.69, 9.17) is 9.47 Å². The molecule has 5 heteroatoms. The van der Waals surface area contributed by atoms with Crippen LogP contribution < -0.4 is 9.47 Å². The van der Waals surface area contributed by atoms with Gasteiger partial charge in [0.1, 0.15) is 13.2 Å². The van der Waals surface area contributed by atoms with E-state index in [1.54, 1.807) is 0 Å². The highest BCUT2D eigenvalue weighted by atomic mass is 32.2. The Kier molecular flexibility index (Phi) is 4.53. The Labute approximate surface area is 166 Å². The molecule has 1 heterocycles. The minimum Gasteiger partial charge on any atom is -0.486 e. The predicted molar refractivity (Wildman–Crippen MR) is 107 cm³/mol. The summed E-state index contributed by atoms with van der Waals surface area (Å²) in [6.45, 7) is 1.82. The lowest BCUT2D eigenvalue weighted by Crippen LogP contribution is -2.49. The summed E-state index contributed by atoms with van der Waals surface area (Å²) in [4.78, 5) is 14.6. The Balaban J connectivity index is 1.18. The van der Waals surface area contributed by atoms with Crippen LogP contribution in [-0.2, 0) is 11.3 Å². The molecule has 1 aromatic rings. The zero-order chi connectivity index (χ0) is 18.4. The van der Waals surface area contributed by atoms with E-state index in [1.807, 2.05) is 41.9 Å². The van der Waals surface area contributed by atoms with E-state index in [1.165, 1.54) is 38.5 Å². The second kappa shape index (κ2) is 6.91. The number of fused-ring (bicyclic) bond motifs is 1. The molecule has 1 aromatic carbocycles. The normalized spacial score (nSPS) is 33.1. The first-order valence-corrected chi connectivity index (χ1v) is 11.3. The van der Waals surface area contributed by atoms with Crippen LogP contribution in [0.25, 0.3) is 0 Å². The Morgan fingerprint density at radius 1 is 1.07 bits per heavy atom. The highest BCUT2D eigenvalue weighted by molar-refractivity contribution is 8.01. The summed E-state index contributed by atoms with van der Waals surface area (Å²) in [7, 11) is 1.92. The number of benzene rings is 1. The van der Waals surface area contributed by atoms with E-state index in [0.717, 1.165) is 34.8 Å². The number of hydrogen-bond acceptors (Lipinski definition) is 4. The SMILES string of the molecule is CN(Cc1ccc2c(c1)OCCO2)C(=O)CSC12CC3CC(CC(C3)C1)C2. The second-order valence-corrected chi connectivity index (χ2v) is 10.6. The van der Waals surface area contributed by atoms with Gasteiger partial charge in [-0.2, -0.15) is 0 Å². The van der Waals surface area contributed by atoms with Gasteiger partial charge in [-0.25, -0.2) is 0 Å². The average Bonchev–Trinajstić information content (AvgIpc) is 2.65. The molecule has 5 aliphatic rings. The molecule has 4 fully saturated rings. The molecular formula is C22H29NO3S. The third kappa shape index (κ3) is 3.55. The summed E-state index contributed by atoms with van der Waals surface area (Å²) in [5.74, 6) is 5.27. The molecule has 0 spiro atoms. The van der Waals surface area contributed by atoms with Crippen molar-refractivity contribution in [1.29, 1.82) is 0 Å². The maximum Gasteiger partial charge on any atom is 0.232 e. The quantitative estimate of drug-likeness (QED) is 0.762. The topological polar surface area (TPSA) is 38.8 Å². The highest BCUT2D eigenvalue weighted by Crippen LogP contribution is 2.60. The van der Waals surface area contributed by atoms with Crippen molar-refractivity contribution < 1.29 is 14.3 Å². The van der Waals surface area contributed by atoms with Crippen molar-refractivity contribution >= 4 is 17.7 Å². The summed E-state index contributed by atoms with van der Waals surface area (Å²) in [6, 6.07) is 5.99. The summed E-state index contributed by atoms with van der Waals surface area (Å²) in [6.07, 6.45) is 8.42. The summed E-state index contributed by atoms with van der Waals surface area (Å²) < 4.78 is 11.6. The summed E-state index contributed by atoms with van der Waals surface area (Å²) >= 11 is 1.97. The van der Waals surface area contributed by atoms with Gasteiger partial charge in [0.25, 0.3) is 0 Å². The predicted octanol–water partition coefficient (Wildman–Crippen LogP) is 4.12. The standard InChI is InChI=1S/C22H29NO3S/c1-23(13-15-2-3-19-20(9-15)26-5-4-25-19)21(24)14-27-22-10-16-6-17(11-22)8-18(7-16)12-22/h2-3,9,16-18H,4-8,10-14H2,1H3. The molecule has 146 valence electrons. The Morgan fingerprint density at radius 3 is 2.37 bits per heavy atom. The van der Waals surface area contributed by atoms with Gasteiger partial charge in [-0.05, 0) is 74.0 Å². The minimum absolute atomic E-state index is 0.241. The van der Waals surface area contributed by atoms with Crippen molar-refractivity contribution in [3.05, 3.63) is 23.8 Å². The van der Waals surface area contributed by atoms with Gasteiger partial charge >= 0.3 is 0 Å². The number of nitrogens with zero attached hydrogens (tertiary/aromatic N) is 1. The lowest BCUT2D eigenvalue weighted by molar-refractivity contribution is -0.127. The molecule has 1 aliphatic heterocycles. The van der Waals surface area contributed by atoms with Crippen molar-refractivity contribution in [2.24, 2.45) is 17.8 Å². The van der Waals surface area contributed by atoms with Gasteiger partial charge in [-0.3, -0.25) is 4.79 Å². The van der Waals surface area contributed by atoms with Crippen LogP contribution in [0, 0.1) is 17.8 Å². The molecule has 0 radical (unpaired) electrons. The molecule has 6 rings (SSSR count). The molecule has 4 bridgehead atoms. The molecule has 1 amide bonds. The molecule has 0 aromatic heterocycles. The molecule has 0 unspecified atom stereocenters. The number of amides is 1. The first-order chi connectivity index (χ1) is 13.1. The van der Waals surface area contributed by atoms with Crippen LogP contribution in [0.15, 0.2) is 18.2 Å². The van der Waals surface area contributed by atoms with Gasteiger partial charge in [0.2, 0.25) is 5.91 Å². The fourth-order valence-corrected chi connectivity index (χ4v) is 7.79. The van der Waals surface area contributed by atoms with Crippen LogP contribution in [0.3, 0.4) is 0 Å². The van der Waals surface area contributed by atoms with Crippen LogP contribution >= 0.6 is 11.8 Å². The number of rotatable bonds is 5. The largest absolute Gasteiger partial charge is 0.486 e. The molecule has 0 N–H and O–H groups in total. The van der Waals surface area contributed by atoms with Gasteiger partial charge in [0, 0.05) is 18.3 Å². The molecular weight excluding hydrogens is 358 g/mol. The van der Waals surface area contributed by atoms with Crippen LogP contribution in [0.5, 0.6) is 11.5 Å². The third-order valence-corrected chi connectivity index (χ3v) is 8.44. The van der Waals surface area contributed by atoms with Gasteiger partial charge < -0.3 is 14.4 Å². The zero-order valence-electron chi connectivity index (χ0n) is 16.1. The van der Waals surface area contributed by atoms with Gasteiger partial charge in [-0.15, -0.1) is 11.8 Å². The van der Waals surface area contributed by atoms with E-state index < -0.39 is 0 Å². The maximum absolute atomic E-state index is 12.8. The number of ether oxygens (including phenoxy) is 2. The van der Waals surface area contributed by atoms with E-state index in [2.05, 4.69) is 0 Å². The van der Waals surface area contributed by atoms with Crippen LogP contribution in [-0.4, -0.2) is 41.6 Å². The maximum atomic E-state index is 12.8. The second-order valence-electron chi connectivity index (χ2n) is 9.12. The molecule has 4 nitrogen and oxygen atoms in total. The average molecular weight is 388 g/mol. The smallest absolute Gasteiger partial charge is 0.232 e. The van der Waals surface area contributed by atoms with Crippen molar-refractivity contribution in [3.8, 4) is 11.5 Å². The Hall–Kier alpha value is -1.36. The van der Waals surface area contributed by atoms with E-state index in [-0.39, 0.29) is 5.91 Å². The molecule has 4 saturated carbocycles. The lowest BCUT2D eigenvalue weighted by Gasteiger charge is -2.56. The van der Waals surface area contributed by atoms with Gasteiger partial charge in [0.15, 0.2) is 11.5 Å². The fraction of sp³-hybridized carbons (Fsp3) is 0.682. The van der Waals surface area contributed by atoms with Crippen molar-refractivity contribution in [2.75, 3.05) is 26.0 Å². The van der Waals surface area contributed by atoms with Crippen molar-refractivity contribution in [1.82, 2.24) is 4.90 Å². The number of carbonyl (C=O) groups excluding carboxylic acids is 1. The van der Waals surface area contributed by atoms with Gasteiger partial charge in [-0.1, -0.05) is 6.07 Å². The zero-order valence-corrected chi connectivity index (χ0v) is 16.9. The molecule has 0 saturated heterocycles. The minimum atomic E-state index is 0.241. The number of hydrogen-bond donors (Lipinski definition) is 0. The van der Waals surface area contributed by atoms with E-state index in [0.29, 0.717) is 30.3 Å². The fourth-order valence-electron chi connectivity index (χ4n) is 6.08. The van der Waals surface area contributed by atoms with Gasteiger partial charge in [0.05, 0.1) is 5.75 Å². The summed E-state index contributed by atoms with van der Waals surface area (Å²) in [5, 5.41) is 0. The Bertz CT molecular complexity index is 699. The van der Waals surface area contributed by atoms with Crippen molar-refractivity contribution in [2.45, 2.75) is 49.8 Å². The lowest BCUT2D eigenvalue weighted by atomic mass is 9.56. The number of carbonyl (C=O) groups is 1.